The first-order chi connectivity index (χ1) is 8.85. The molecule has 0 aliphatic heterocycles. The summed E-state index contributed by atoms with van der Waals surface area (Å²) in [4.78, 5) is 21.2. The molecular formula is C14H28O5. The summed E-state index contributed by atoms with van der Waals surface area (Å²) in [5.74, 6) is 0. The number of hydrogen-bond donors (Lipinski definition) is 0. The lowest BCUT2D eigenvalue weighted by Gasteiger charge is -2.19. The molecule has 0 saturated carbocycles. The lowest BCUT2D eigenvalue weighted by Crippen LogP contribution is -2.22. The van der Waals surface area contributed by atoms with Crippen molar-refractivity contribution >= 4 is 6.16 Å². The van der Waals surface area contributed by atoms with E-state index in [9.17, 15) is 4.79 Å². The van der Waals surface area contributed by atoms with Crippen molar-refractivity contribution in [2.45, 2.75) is 66.6 Å². The van der Waals surface area contributed by atoms with Gasteiger partial charge in [-0.25, -0.2) is 9.68 Å². The Bertz CT molecular complexity index is 234. The number of ether oxygens (including phenoxy) is 2. The van der Waals surface area contributed by atoms with E-state index in [1.54, 1.807) is 6.92 Å². The molecule has 1 atom stereocenters. The van der Waals surface area contributed by atoms with Gasteiger partial charge in [0.25, 0.3) is 0 Å². The molecule has 19 heavy (non-hydrogen) atoms. The van der Waals surface area contributed by atoms with Crippen LogP contribution in [0.1, 0.15) is 60.3 Å². The summed E-state index contributed by atoms with van der Waals surface area (Å²) >= 11 is 0. The van der Waals surface area contributed by atoms with Gasteiger partial charge in [0, 0.05) is 6.92 Å². The van der Waals surface area contributed by atoms with Crippen molar-refractivity contribution in [3.05, 3.63) is 0 Å². The maximum absolute atomic E-state index is 11.3. The highest BCUT2D eigenvalue weighted by Crippen LogP contribution is 2.13. The fraction of sp³-hybridized carbons (Fsp3) is 0.929. The Morgan fingerprint density at radius 1 is 1.16 bits per heavy atom. The molecule has 5 nitrogen and oxygen atoms in total. The van der Waals surface area contributed by atoms with E-state index in [0.717, 1.165) is 25.7 Å². The summed E-state index contributed by atoms with van der Waals surface area (Å²) < 4.78 is 9.77. The molecule has 0 fully saturated rings. The molecule has 5 heteroatoms. The molecule has 0 aliphatic rings. The minimum absolute atomic E-state index is 0.000490. The molecule has 0 aromatic heterocycles. The van der Waals surface area contributed by atoms with Crippen LogP contribution in [-0.2, 0) is 19.2 Å². The van der Waals surface area contributed by atoms with Crippen LogP contribution in [0.3, 0.4) is 0 Å². The van der Waals surface area contributed by atoms with Crippen molar-refractivity contribution in [2.75, 3.05) is 13.2 Å². The van der Waals surface area contributed by atoms with Gasteiger partial charge in [-0.15, -0.1) is 0 Å². The molecule has 0 saturated heterocycles. The maximum atomic E-state index is 11.3. The summed E-state index contributed by atoms with van der Waals surface area (Å²) in [6, 6.07) is 0. The number of rotatable bonds is 9. The third kappa shape index (κ3) is 13.4. The number of carbonyl (C=O) groups excluding carboxylic acids is 1. The SMILES string of the molecule is CCCCCCOC(=O)OC(C)OOCC(C)(C)C. The van der Waals surface area contributed by atoms with E-state index in [-0.39, 0.29) is 5.41 Å². The Morgan fingerprint density at radius 3 is 2.42 bits per heavy atom. The fourth-order valence-corrected chi connectivity index (χ4v) is 1.18. The Hall–Kier alpha value is -0.810. The molecule has 0 bridgehead atoms. The zero-order valence-corrected chi connectivity index (χ0v) is 12.9. The van der Waals surface area contributed by atoms with Crippen LogP contribution >= 0.6 is 0 Å². The van der Waals surface area contributed by atoms with Crippen LogP contribution in [0.4, 0.5) is 4.79 Å². The van der Waals surface area contributed by atoms with Gasteiger partial charge in [0.05, 0.1) is 13.2 Å². The summed E-state index contributed by atoms with van der Waals surface area (Å²) in [5, 5.41) is 0. The Kier molecular flexibility index (Phi) is 9.61. The summed E-state index contributed by atoms with van der Waals surface area (Å²) in [6.45, 7) is 10.6. The van der Waals surface area contributed by atoms with Crippen molar-refractivity contribution in [2.24, 2.45) is 5.41 Å². The molecule has 0 aromatic carbocycles. The molecule has 0 N–H and O–H groups in total. The predicted molar refractivity (Wildman–Crippen MR) is 72.5 cm³/mol. The predicted octanol–water partition coefficient (Wildman–Crippen LogP) is 4.06. The zero-order valence-electron chi connectivity index (χ0n) is 12.9. The van der Waals surface area contributed by atoms with Gasteiger partial charge >= 0.3 is 6.16 Å². The van der Waals surface area contributed by atoms with Crippen LogP contribution in [0.2, 0.25) is 0 Å². The van der Waals surface area contributed by atoms with E-state index in [1.807, 2.05) is 20.8 Å². The van der Waals surface area contributed by atoms with Crippen LogP contribution in [0.25, 0.3) is 0 Å². The van der Waals surface area contributed by atoms with Crippen molar-refractivity contribution < 1.29 is 24.0 Å². The van der Waals surface area contributed by atoms with E-state index in [4.69, 9.17) is 19.2 Å². The van der Waals surface area contributed by atoms with E-state index in [0.29, 0.717) is 13.2 Å². The van der Waals surface area contributed by atoms with E-state index in [1.165, 1.54) is 0 Å². The monoisotopic (exact) mass is 276 g/mol. The highest BCUT2D eigenvalue weighted by molar-refractivity contribution is 5.59. The van der Waals surface area contributed by atoms with Gasteiger partial charge in [-0.2, -0.15) is 4.89 Å². The van der Waals surface area contributed by atoms with Crippen molar-refractivity contribution in [1.29, 1.82) is 0 Å². The van der Waals surface area contributed by atoms with Crippen molar-refractivity contribution in [3.8, 4) is 0 Å². The smallest absolute Gasteiger partial charge is 0.434 e. The van der Waals surface area contributed by atoms with Crippen LogP contribution in [-0.4, -0.2) is 25.7 Å². The highest BCUT2D eigenvalue weighted by atomic mass is 17.2. The van der Waals surface area contributed by atoms with Crippen LogP contribution in [0.15, 0.2) is 0 Å². The molecular weight excluding hydrogens is 248 g/mol. The highest BCUT2D eigenvalue weighted by Gasteiger charge is 2.15. The number of hydrogen-bond acceptors (Lipinski definition) is 5. The second kappa shape index (κ2) is 10.0. The minimum atomic E-state index is -0.773. The Morgan fingerprint density at radius 2 is 1.84 bits per heavy atom. The standard InChI is InChI=1S/C14H28O5/c1-6-7-8-9-10-16-13(15)18-12(2)19-17-11-14(3,4)5/h12H,6-11H2,1-5H3. The first-order valence-corrected chi connectivity index (χ1v) is 6.97. The van der Waals surface area contributed by atoms with Crippen LogP contribution < -0.4 is 0 Å². The second-order valence-corrected chi connectivity index (χ2v) is 5.76. The maximum Gasteiger partial charge on any atom is 0.510 e. The molecule has 0 spiro atoms. The molecule has 0 aromatic rings. The van der Waals surface area contributed by atoms with E-state index >= 15 is 0 Å². The third-order valence-corrected chi connectivity index (χ3v) is 2.18. The van der Waals surface area contributed by atoms with Crippen LogP contribution in [0, 0.1) is 5.41 Å². The van der Waals surface area contributed by atoms with Gasteiger partial charge in [0.15, 0.2) is 0 Å². The Labute approximate surface area is 116 Å². The molecule has 0 heterocycles. The summed E-state index contributed by atoms with van der Waals surface area (Å²) in [7, 11) is 0. The average Bonchev–Trinajstić information content (AvgIpc) is 2.26. The normalized spacial score (nSPS) is 13.1. The third-order valence-electron chi connectivity index (χ3n) is 2.18. The number of carbonyl (C=O) groups is 1. The lowest BCUT2D eigenvalue weighted by molar-refractivity contribution is -0.372. The van der Waals surface area contributed by atoms with E-state index < -0.39 is 12.4 Å². The van der Waals surface area contributed by atoms with Crippen molar-refractivity contribution in [3.63, 3.8) is 0 Å². The topological polar surface area (TPSA) is 54.0 Å². The van der Waals surface area contributed by atoms with Gasteiger partial charge in [-0.3, -0.25) is 0 Å². The zero-order chi connectivity index (χ0) is 14.7. The first kappa shape index (κ1) is 18.2. The fourth-order valence-electron chi connectivity index (χ4n) is 1.18. The summed E-state index contributed by atoms with van der Waals surface area (Å²) in [6.07, 6.45) is 2.73. The molecule has 0 aliphatic carbocycles. The first-order valence-electron chi connectivity index (χ1n) is 6.97. The molecule has 1 unspecified atom stereocenters. The molecule has 0 amide bonds. The molecule has 0 radical (unpaired) electrons. The average molecular weight is 276 g/mol. The number of unbranched alkanes of at least 4 members (excludes halogenated alkanes) is 3. The van der Waals surface area contributed by atoms with Gasteiger partial charge in [-0.1, -0.05) is 47.0 Å². The second-order valence-electron chi connectivity index (χ2n) is 5.76. The van der Waals surface area contributed by atoms with E-state index in [2.05, 4.69) is 6.92 Å². The Balaban J connectivity index is 3.53. The van der Waals surface area contributed by atoms with Crippen molar-refractivity contribution in [1.82, 2.24) is 0 Å². The van der Waals surface area contributed by atoms with Crippen LogP contribution in [0.5, 0.6) is 0 Å². The minimum Gasteiger partial charge on any atom is -0.434 e. The molecule has 0 rings (SSSR count). The summed E-state index contributed by atoms with van der Waals surface area (Å²) in [5.41, 5.74) is -0.000490. The van der Waals surface area contributed by atoms with Gasteiger partial charge in [0.2, 0.25) is 6.29 Å². The van der Waals surface area contributed by atoms with Gasteiger partial charge in [-0.05, 0) is 11.8 Å². The van der Waals surface area contributed by atoms with Gasteiger partial charge < -0.3 is 9.47 Å². The molecule has 114 valence electrons. The largest absolute Gasteiger partial charge is 0.510 e. The lowest BCUT2D eigenvalue weighted by atomic mass is 9.99. The quantitative estimate of drug-likeness (QED) is 0.209. The van der Waals surface area contributed by atoms with Gasteiger partial charge in [0.1, 0.15) is 0 Å².